The number of rotatable bonds is 0. The van der Waals surface area contributed by atoms with Gasteiger partial charge in [-0.3, -0.25) is 4.98 Å². The lowest BCUT2D eigenvalue weighted by molar-refractivity contribution is 0.634. The van der Waals surface area contributed by atoms with E-state index in [-0.39, 0.29) is 5.69 Å². The van der Waals surface area contributed by atoms with Crippen molar-refractivity contribution in [1.82, 2.24) is 4.98 Å². The van der Waals surface area contributed by atoms with E-state index in [0.717, 1.165) is 0 Å². The SMILES string of the molecule is Nc1cc(F)c(N)c2ncccc12. The summed E-state index contributed by atoms with van der Waals surface area (Å²) in [6, 6.07) is 4.70. The van der Waals surface area contributed by atoms with Crippen molar-refractivity contribution in [3.05, 3.63) is 30.2 Å². The smallest absolute Gasteiger partial charge is 0.150 e. The van der Waals surface area contributed by atoms with Crippen LogP contribution in [0, 0.1) is 5.82 Å². The first-order chi connectivity index (χ1) is 6.20. The number of anilines is 2. The molecule has 2 aromatic rings. The van der Waals surface area contributed by atoms with Gasteiger partial charge in [0, 0.05) is 17.3 Å². The first kappa shape index (κ1) is 7.79. The van der Waals surface area contributed by atoms with Crippen molar-refractivity contribution >= 4 is 22.3 Å². The van der Waals surface area contributed by atoms with Crippen LogP contribution in [0.3, 0.4) is 0 Å². The van der Waals surface area contributed by atoms with E-state index in [1.807, 2.05) is 0 Å². The number of pyridine rings is 1. The van der Waals surface area contributed by atoms with Crippen LogP contribution < -0.4 is 11.5 Å². The van der Waals surface area contributed by atoms with Gasteiger partial charge in [0.2, 0.25) is 0 Å². The van der Waals surface area contributed by atoms with Crippen molar-refractivity contribution in [3.63, 3.8) is 0 Å². The summed E-state index contributed by atoms with van der Waals surface area (Å²) in [7, 11) is 0. The molecule has 0 atom stereocenters. The van der Waals surface area contributed by atoms with Gasteiger partial charge in [-0.05, 0) is 18.2 Å². The zero-order valence-electron chi connectivity index (χ0n) is 6.79. The van der Waals surface area contributed by atoms with E-state index in [1.165, 1.54) is 6.07 Å². The number of nitrogen functional groups attached to an aromatic ring is 2. The summed E-state index contributed by atoms with van der Waals surface area (Å²) >= 11 is 0. The Balaban J connectivity index is 2.97. The number of nitrogens with two attached hydrogens (primary N) is 2. The van der Waals surface area contributed by atoms with Crippen LogP contribution in [0.25, 0.3) is 10.9 Å². The molecule has 0 fully saturated rings. The van der Waals surface area contributed by atoms with Crippen LogP contribution in [0.4, 0.5) is 15.8 Å². The number of hydrogen-bond acceptors (Lipinski definition) is 3. The molecule has 1 aromatic carbocycles. The van der Waals surface area contributed by atoms with E-state index < -0.39 is 5.82 Å². The Morgan fingerprint density at radius 3 is 2.85 bits per heavy atom. The maximum absolute atomic E-state index is 13.1. The van der Waals surface area contributed by atoms with E-state index >= 15 is 0 Å². The van der Waals surface area contributed by atoms with Gasteiger partial charge in [-0.15, -0.1) is 0 Å². The average molecular weight is 177 g/mol. The third-order valence-corrected chi connectivity index (χ3v) is 1.91. The fraction of sp³-hybridized carbons (Fsp3) is 0. The molecule has 1 heterocycles. The van der Waals surface area contributed by atoms with E-state index in [4.69, 9.17) is 11.5 Å². The largest absolute Gasteiger partial charge is 0.398 e. The molecular weight excluding hydrogens is 169 g/mol. The zero-order chi connectivity index (χ0) is 9.42. The van der Waals surface area contributed by atoms with Crippen molar-refractivity contribution in [2.24, 2.45) is 0 Å². The lowest BCUT2D eigenvalue weighted by Crippen LogP contribution is -1.97. The minimum Gasteiger partial charge on any atom is -0.398 e. The Labute approximate surface area is 74.2 Å². The second kappa shape index (κ2) is 2.58. The van der Waals surface area contributed by atoms with Crippen LogP contribution >= 0.6 is 0 Å². The van der Waals surface area contributed by atoms with Crippen molar-refractivity contribution < 1.29 is 4.39 Å². The van der Waals surface area contributed by atoms with Crippen molar-refractivity contribution in [2.45, 2.75) is 0 Å². The highest BCUT2D eigenvalue weighted by atomic mass is 19.1. The van der Waals surface area contributed by atoms with Crippen LogP contribution in [0.5, 0.6) is 0 Å². The molecule has 0 aliphatic heterocycles. The molecule has 4 N–H and O–H groups in total. The van der Waals surface area contributed by atoms with Gasteiger partial charge in [0.15, 0.2) is 0 Å². The molecule has 0 aliphatic rings. The summed E-state index contributed by atoms with van der Waals surface area (Å²) in [5, 5.41) is 0.682. The topological polar surface area (TPSA) is 64.9 Å². The third-order valence-electron chi connectivity index (χ3n) is 1.91. The van der Waals surface area contributed by atoms with Gasteiger partial charge in [-0.2, -0.15) is 0 Å². The highest BCUT2D eigenvalue weighted by Crippen LogP contribution is 2.26. The van der Waals surface area contributed by atoms with Crippen molar-refractivity contribution in [1.29, 1.82) is 0 Å². The number of hydrogen-bond donors (Lipinski definition) is 2. The van der Waals surface area contributed by atoms with Crippen LogP contribution in [-0.2, 0) is 0 Å². The first-order valence-electron chi connectivity index (χ1n) is 3.78. The number of halogens is 1. The molecule has 66 valence electrons. The average Bonchev–Trinajstić information content (AvgIpc) is 2.15. The molecule has 0 saturated carbocycles. The normalized spacial score (nSPS) is 10.5. The van der Waals surface area contributed by atoms with Gasteiger partial charge >= 0.3 is 0 Å². The highest BCUT2D eigenvalue weighted by Gasteiger charge is 2.07. The summed E-state index contributed by atoms with van der Waals surface area (Å²) in [6.45, 7) is 0. The fourth-order valence-corrected chi connectivity index (χ4v) is 1.26. The van der Waals surface area contributed by atoms with Crippen molar-refractivity contribution in [3.8, 4) is 0 Å². The standard InChI is InChI=1S/C9H8FN3/c10-6-4-7(11)5-2-1-3-13-9(5)8(6)12/h1-4H,11-12H2. The maximum atomic E-state index is 13.1. The summed E-state index contributed by atoms with van der Waals surface area (Å²) in [4.78, 5) is 3.96. The molecule has 4 heteroatoms. The Kier molecular flexibility index (Phi) is 1.55. The molecule has 0 radical (unpaired) electrons. The molecule has 0 spiro atoms. The van der Waals surface area contributed by atoms with Gasteiger partial charge in [0.05, 0.1) is 11.2 Å². The van der Waals surface area contributed by atoms with E-state index in [1.54, 1.807) is 18.3 Å². The van der Waals surface area contributed by atoms with Crippen molar-refractivity contribution in [2.75, 3.05) is 11.5 Å². The minimum atomic E-state index is -0.524. The monoisotopic (exact) mass is 177 g/mol. The Bertz CT molecular complexity index is 468. The first-order valence-corrected chi connectivity index (χ1v) is 3.78. The molecule has 0 saturated heterocycles. The van der Waals surface area contributed by atoms with E-state index in [2.05, 4.69) is 4.98 Å². The molecule has 13 heavy (non-hydrogen) atoms. The maximum Gasteiger partial charge on any atom is 0.150 e. The fourth-order valence-electron chi connectivity index (χ4n) is 1.26. The Hall–Kier alpha value is -1.84. The summed E-state index contributed by atoms with van der Waals surface area (Å²) in [5.41, 5.74) is 11.9. The molecule has 3 nitrogen and oxygen atoms in total. The molecular formula is C9H8FN3. The van der Waals surface area contributed by atoms with E-state index in [9.17, 15) is 4.39 Å². The van der Waals surface area contributed by atoms with Crippen LogP contribution in [-0.4, -0.2) is 4.98 Å². The quantitative estimate of drug-likeness (QED) is 0.600. The Morgan fingerprint density at radius 2 is 2.08 bits per heavy atom. The summed E-state index contributed by atoms with van der Waals surface area (Å²) in [5.74, 6) is -0.524. The number of fused-ring (bicyclic) bond motifs is 1. The predicted octanol–water partition coefficient (Wildman–Crippen LogP) is 1.54. The molecule has 2 rings (SSSR count). The molecule has 0 bridgehead atoms. The third kappa shape index (κ3) is 1.07. The molecule has 0 amide bonds. The molecule has 0 aliphatic carbocycles. The second-order valence-corrected chi connectivity index (χ2v) is 2.76. The van der Waals surface area contributed by atoms with Crippen LogP contribution in [0.1, 0.15) is 0 Å². The second-order valence-electron chi connectivity index (χ2n) is 2.76. The number of benzene rings is 1. The Morgan fingerprint density at radius 1 is 1.31 bits per heavy atom. The predicted molar refractivity (Wildman–Crippen MR) is 50.5 cm³/mol. The molecule has 0 unspecified atom stereocenters. The van der Waals surface area contributed by atoms with E-state index in [0.29, 0.717) is 16.6 Å². The van der Waals surface area contributed by atoms with Gasteiger partial charge in [0.1, 0.15) is 5.82 Å². The van der Waals surface area contributed by atoms with Crippen LogP contribution in [0.2, 0.25) is 0 Å². The van der Waals surface area contributed by atoms with Gasteiger partial charge in [-0.25, -0.2) is 4.39 Å². The van der Waals surface area contributed by atoms with Crippen LogP contribution in [0.15, 0.2) is 24.4 Å². The number of aromatic nitrogens is 1. The summed E-state index contributed by atoms with van der Waals surface area (Å²) in [6.07, 6.45) is 1.55. The lowest BCUT2D eigenvalue weighted by atomic mass is 10.1. The lowest BCUT2D eigenvalue weighted by Gasteiger charge is -2.04. The zero-order valence-corrected chi connectivity index (χ0v) is 6.79. The number of nitrogens with zero attached hydrogens (tertiary/aromatic N) is 1. The van der Waals surface area contributed by atoms with Gasteiger partial charge in [-0.1, -0.05) is 0 Å². The summed E-state index contributed by atoms with van der Waals surface area (Å²) < 4.78 is 13.1. The minimum absolute atomic E-state index is 0.0461. The van der Waals surface area contributed by atoms with Gasteiger partial charge in [0.25, 0.3) is 0 Å². The molecule has 1 aromatic heterocycles. The highest BCUT2D eigenvalue weighted by molar-refractivity contribution is 5.97. The van der Waals surface area contributed by atoms with Gasteiger partial charge < -0.3 is 11.5 Å².